The first-order chi connectivity index (χ1) is 14.1. The molecule has 0 radical (unpaired) electrons. The number of Topliss-reactive ketones (excluding diaryl/α,β-unsaturated/α-hetero) is 1. The van der Waals surface area contributed by atoms with Crippen molar-refractivity contribution in [3.63, 3.8) is 0 Å². The van der Waals surface area contributed by atoms with Crippen molar-refractivity contribution in [2.45, 2.75) is 31.6 Å². The predicted octanol–water partition coefficient (Wildman–Crippen LogP) is 4.26. The van der Waals surface area contributed by atoms with Gasteiger partial charge in [-0.05, 0) is 41.8 Å². The first-order valence-electron chi connectivity index (χ1n) is 9.39. The average molecular weight is 431 g/mol. The first-order valence-corrected chi connectivity index (χ1v) is 10.6. The molecule has 0 amide bonds. The maximum atomic E-state index is 12.8. The van der Waals surface area contributed by atoms with Crippen LogP contribution in [0, 0.1) is 0 Å². The van der Waals surface area contributed by atoms with Crippen molar-refractivity contribution in [2.24, 2.45) is 0 Å². The third kappa shape index (κ3) is 6.35. The maximum absolute atomic E-state index is 12.8. The molecule has 0 saturated carbocycles. The van der Waals surface area contributed by atoms with Gasteiger partial charge < -0.3 is 9.84 Å². The predicted molar refractivity (Wildman–Crippen MR) is 115 cm³/mol. The summed E-state index contributed by atoms with van der Waals surface area (Å²) in [7, 11) is 1.64. The van der Waals surface area contributed by atoms with E-state index in [-0.39, 0.29) is 18.3 Å². The van der Waals surface area contributed by atoms with Gasteiger partial charge in [-0.2, -0.15) is 0 Å². The second-order valence-electron chi connectivity index (χ2n) is 6.80. The Morgan fingerprint density at radius 3 is 2.45 bits per heavy atom. The van der Waals surface area contributed by atoms with Gasteiger partial charge in [-0.3, -0.25) is 4.79 Å². The molecule has 29 heavy (non-hydrogen) atoms. The third-order valence-corrected chi connectivity index (χ3v) is 5.98. The maximum Gasteiger partial charge on any atom is 0.137 e. The van der Waals surface area contributed by atoms with Gasteiger partial charge in [0.05, 0.1) is 7.11 Å². The van der Waals surface area contributed by atoms with Crippen LogP contribution in [0.15, 0.2) is 48.5 Å². The Bertz CT molecular complexity index is 926. The van der Waals surface area contributed by atoms with E-state index in [0.717, 1.165) is 26.9 Å². The summed E-state index contributed by atoms with van der Waals surface area (Å²) in [4.78, 5) is 12.8. The number of benzene rings is 2. The van der Waals surface area contributed by atoms with Crippen molar-refractivity contribution in [1.82, 2.24) is 10.2 Å². The van der Waals surface area contributed by atoms with Crippen molar-refractivity contribution in [3.8, 4) is 5.75 Å². The Kier molecular flexibility index (Phi) is 7.75. The fourth-order valence-electron chi connectivity index (χ4n) is 3.10. The number of nitrogens with zero attached hydrogens (tertiary/aromatic N) is 2. The number of aliphatic hydroxyl groups is 1. The molecule has 1 heterocycles. The largest absolute Gasteiger partial charge is 0.497 e. The van der Waals surface area contributed by atoms with Crippen LogP contribution in [0.25, 0.3) is 0 Å². The first kappa shape index (κ1) is 21.4. The van der Waals surface area contributed by atoms with Gasteiger partial charge in [-0.15, -0.1) is 21.5 Å². The average Bonchev–Trinajstić information content (AvgIpc) is 3.19. The summed E-state index contributed by atoms with van der Waals surface area (Å²) in [5.41, 5.74) is 2.05. The Morgan fingerprint density at radius 2 is 1.79 bits per heavy atom. The standard InChI is InChI=1S/C22H23ClN2O3S/c1-28-20-8-4-15(5-9-20)12-17(22-25-24-21(29-22)10-11-26)14-19(27)13-16-2-6-18(23)7-3-16/h2-9,17,26H,10-14H2,1H3/t17-/m1/s1. The van der Waals surface area contributed by atoms with E-state index < -0.39 is 0 Å². The van der Waals surface area contributed by atoms with Gasteiger partial charge in [0.2, 0.25) is 0 Å². The molecule has 0 fully saturated rings. The van der Waals surface area contributed by atoms with E-state index in [9.17, 15) is 4.79 Å². The lowest BCUT2D eigenvalue weighted by Crippen LogP contribution is -2.12. The van der Waals surface area contributed by atoms with Crippen molar-refractivity contribution in [2.75, 3.05) is 13.7 Å². The molecule has 3 aromatic rings. The van der Waals surface area contributed by atoms with Gasteiger partial charge in [0, 0.05) is 36.8 Å². The van der Waals surface area contributed by atoms with E-state index in [1.165, 1.54) is 11.3 Å². The molecular formula is C22H23ClN2O3S. The Balaban J connectivity index is 1.75. The molecule has 1 N–H and O–H groups in total. The minimum Gasteiger partial charge on any atom is -0.497 e. The molecule has 0 saturated heterocycles. The van der Waals surface area contributed by atoms with Crippen molar-refractivity contribution < 1.29 is 14.6 Å². The summed E-state index contributed by atoms with van der Waals surface area (Å²) >= 11 is 7.39. The minimum atomic E-state index is -0.0619. The fourth-order valence-corrected chi connectivity index (χ4v) is 4.16. The monoisotopic (exact) mass is 430 g/mol. The smallest absolute Gasteiger partial charge is 0.137 e. The van der Waals surface area contributed by atoms with Crippen LogP contribution in [0.4, 0.5) is 0 Å². The minimum absolute atomic E-state index is 0.0350. The van der Waals surface area contributed by atoms with Crippen LogP contribution < -0.4 is 4.74 Å². The van der Waals surface area contributed by atoms with Crippen molar-refractivity contribution in [1.29, 1.82) is 0 Å². The molecule has 0 aliphatic rings. The third-order valence-electron chi connectivity index (χ3n) is 4.59. The molecule has 1 atom stereocenters. The number of ether oxygens (including phenoxy) is 1. The zero-order chi connectivity index (χ0) is 20.6. The summed E-state index contributed by atoms with van der Waals surface area (Å²) in [6.07, 6.45) is 1.90. The number of aromatic nitrogens is 2. The number of carbonyl (C=O) groups is 1. The van der Waals surface area contributed by atoms with E-state index >= 15 is 0 Å². The number of ketones is 1. The molecule has 3 rings (SSSR count). The molecule has 2 aromatic carbocycles. The van der Waals surface area contributed by atoms with Crippen LogP contribution in [0.2, 0.25) is 5.02 Å². The number of rotatable bonds is 10. The molecule has 0 unspecified atom stereocenters. The molecule has 5 nitrogen and oxygen atoms in total. The topological polar surface area (TPSA) is 72.3 Å². The van der Waals surface area contributed by atoms with Crippen LogP contribution >= 0.6 is 22.9 Å². The molecule has 0 spiro atoms. The molecule has 152 valence electrons. The Morgan fingerprint density at radius 1 is 1.10 bits per heavy atom. The molecule has 0 aliphatic heterocycles. The van der Waals surface area contributed by atoms with E-state index in [1.807, 2.05) is 36.4 Å². The quantitative estimate of drug-likeness (QED) is 0.520. The van der Waals surface area contributed by atoms with Gasteiger partial charge in [0.25, 0.3) is 0 Å². The van der Waals surface area contributed by atoms with Crippen molar-refractivity contribution >= 4 is 28.7 Å². The molecule has 7 heteroatoms. The number of aliphatic hydroxyl groups excluding tert-OH is 1. The summed E-state index contributed by atoms with van der Waals surface area (Å²) < 4.78 is 5.22. The van der Waals surface area contributed by atoms with E-state index in [1.54, 1.807) is 19.2 Å². The lowest BCUT2D eigenvalue weighted by atomic mass is 9.93. The SMILES string of the molecule is COc1ccc(C[C@H](CC(=O)Cc2ccc(Cl)cc2)c2nnc(CCO)s2)cc1. The summed E-state index contributed by atoms with van der Waals surface area (Å²) in [5.74, 6) is 0.878. The van der Waals surface area contributed by atoms with E-state index in [4.69, 9.17) is 21.4 Å². The number of hydrogen-bond acceptors (Lipinski definition) is 6. The highest BCUT2D eigenvalue weighted by Crippen LogP contribution is 2.29. The van der Waals surface area contributed by atoms with Gasteiger partial charge in [-0.1, -0.05) is 35.9 Å². The van der Waals surface area contributed by atoms with Crippen molar-refractivity contribution in [3.05, 3.63) is 74.7 Å². The second kappa shape index (κ2) is 10.5. The van der Waals surface area contributed by atoms with E-state index in [2.05, 4.69) is 10.2 Å². The van der Waals surface area contributed by atoms with E-state index in [0.29, 0.717) is 30.7 Å². The number of halogens is 1. The number of methoxy groups -OCH3 is 1. The van der Waals surface area contributed by atoms with Gasteiger partial charge in [0.1, 0.15) is 21.5 Å². The summed E-state index contributed by atoms with van der Waals surface area (Å²) in [6, 6.07) is 15.2. The number of carbonyl (C=O) groups excluding carboxylic acids is 1. The second-order valence-corrected chi connectivity index (χ2v) is 8.33. The highest BCUT2D eigenvalue weighted by Gasteiger charge is 2.21. The van der Waals surface area contributed by atoms with Gasteiger partial charge in [-0.25, -0.2) is 0 Å². The zero-order valence-electron chi connectivity index (χ0n) is 16.2. The zero-order valence-corrected chi connectivity index (χ0v) is 17.7. The van der Waals surface area contributed by atoms with Crippen LogP contribution in [-0.2, 0) is 24.1 Å². The lowest BCUT2D eigenvalue weighted by Gasteiger charge is -2.14. The van der Waals surface area contributed by atoms with Crippen LogP contribution in [0.1, 0.15) is 33.5 Å². The molecule has 0 bridgehead atoms. The normalized spacial score (nSPS) is 12.0. The van der Waals surface area contributed by atoms with Gasteiger partial charge >= 0.3 is 0 Å². The van der Waals surface area contributed by atoms with Gasteiger partial charge in [0.15, 0.2) is 0 Å². The molecular weight excluding hydrogens is 408 g/mol. The van der Waals surface area contributed by atoms with Crippen LogP contribution in [0.3, 0.4) is 0 Å². The lowest BCUT2D eigenvalue weighted by molar-refractivity contribution is -0.118. The highest BCUT2D eigenvalue weighted by atomic mass is 35.5. The summed E-state index contributed by atoms with van der Waals surface area (Å²) in [5, 5.41) is 19.9. The highest BCUT2D eigenvalue weighted by molar-refractivity contribution is 7.11. The Hall–Kier alpha value is -2.28. The fraction of sp³-hybridized carbons (Fsp3) is 0.318. The van der Waals surface area contributed by atoms with Crippen LogP contribution in [0.5, 0.6) is 5.75 Å². The summed E-state index contributed by atoms with van der Waals surface area (Å²) in [6.45, 7) is 0.0350. The van der Waals surface area contributed by atoms with Crippen LogP contribution in [-0.4, -0.2) is 34.8 Å². The molecule has 0 aliphatic carbocycles. The number of hydrogen-bond donors (Lipinski definition) is 1. The molecule has 1 aromatic heterocycles. The Labute approximate surface area is 179 Å².